The van der Waals surface area contributed by atoms with E-state index in [2.05, 4.69) is 30.0 Å². The lowest BCUT2D eigenvalue weighted by Gasteiger charge is -2.02. The van der Waals surface area contributed by atoms with Crippen LogP contribution in [0.25, 0.3) is 22.6 Å². The minimum absolute atomic E-state index is 0.201. The molecule has 9 nitrogen and oxygen atoms in total. The van der Waals surface area contributed by atoms with Gasteiger partial charge in [0.05, 0.1) is 0 Å². The highest BCUT2D eigenvalue weighted by molar-refractivity contribution is 5.96. The van der Waals surface area contributed by atoms with Gasteiger partial charge in [-0.3, -0.25) is 9.97 Å². The number of rotatable bonds is 6. The Morgan fingerprint density at radius 3 is 1.56 bits per heavy atom. The van der Waals surface area contributed by atoms with Crippen molar-refractivity contribution in [2.24, 2.45) is 21.8 Å². The first-order valence-electron chi connectivity index (χ1n) is 7.89. The minimum atomic E-state index is 0.201. The van der Waals surface area contributed by atoms with Gasteiger partial charge in [-0.15, -0.1) is 0 Å². The van der Waals surface area contributed by atoms with E-state index >= 15 is 0 Å². The summed E-state index contributed by atoms with van der Waals surface area (Å²) in [5.41, 5.74) is 14.1. The topological polar surface area (TPSA) is 134 Å². The molecule has 3 heterocycles. The lowest BCUT2D eigenvalue weighted by atomic mass is 10.2. The van der Waals surface area contributed by atoms with Crippen molar-refractivity contribution in [3.63, 3.8) is 0 Å². The first-order chi connectivity index (χ1) is 13.1. The first kappa shape index (κ1) is 17.9. The number of aromatic nitrogens is 2. The number of hydrogen-bond donors (Lipinski definition) is 2. The molecule has 0 aliphatic rings. The van der Waals surface area contributed by atoms with E-state index in [9.17, 15) is 0 Å². The molecule has 0 atom stereocenters. The van der Waals surface area contributed by atoms with Crippen LogP contribution in [0, 0.1) is 0 Å². The van der Waals surface area contributed by atoms with Crippen LogP contribution in [0.2, 0.25) is 0 Å². The van der Waals surface area contributed by atoms with Crippen molar-refractivity contribution < 1.29 is 14.1 Å². The van der Waals surface area contributed by atoms with Gasteiger partial charge in [0.1, 0.15) is 37.1 Å². The molecule has 0 unspecified atom stereocenters. The fourth-order valence-electron chi connectivity index (χ4n) is 2.32. The largest absolute Gasteiger partial charge is 0.456 e. The molecule has 9 heteroatoms. The lowest BCUT2D eigenvalue weighted by molar-refractivity contribution is 0.213. The number of furan rings is 1. The molecular weight excluding hydrogens is 348 g/mol. The molecule has 4 N–H and O–H groups in total. The molecule has 0 saturated heterocycles. The second-order valence-corrected chi connectivity index (χ2v) is 5.35. The molecule has 3 aromatic heterocycles. The molecule has 27 heavy (non-hydrogen) atoms. The van der Waals surface area contributed by atoms with Crippen molar-refractivity contribution in [2.45, 2.75) is 0 Å². The Balaban J connectivity index is 1.80. The minimum Gasteiger partial charge on any atom is -0.456 e. The summed E-state index contributed by atoms with van der Waals surface area (Å²) in [7, 11) is 2.84. The Bertz CT molecular complexity index is 884. The van der Waals surface area contributed by atoms with E-state index in [4.69, 9.17) is 15.9 Å². The normalized spacial score (nSPS) is 12.1. The van der Waals surface area contributed by atoms with Gasteiger partial charge in [0, 0.05) is 23.5 Å². The standard InChI is InChI=1S/C18H18N6O3/c1-25-23-17(19)13-5-3-11(9-21-13)15-7-8-16(27-15)12-4-6-14(22-10-12)18(20)24-26-2/h3-10H,1-2H3,(H2,19,23)(H2,20,24). The Labute approximate surface area is 155 Å². The highest BCUT2D eigenvalue weighted by Gasteiger charge is 2.10. The van der Waals surface area contributed by atoms with Gasteiger partial charge in [0.15, 0.2) is 11.7 Å². The van der Waals surface area contributed by atoms with Crippen molar-refractivity contribution >= 4 is 11.7 Å². The molecule has 0 spiro atoms. The van der Waals surface area contributed by atoms with E-state index in [0.717, 1.165) is 11.1 Å². The maximum absolute atomic E-state index is 5.90. The van der Waals surface area contributed by atoms with Gasteiger partial charge in [-0.05, 0) is 36.4 Å². The van der Waals surface area contributed by atoms with Crippen molar-refractivity contribution in [3.05, 3.63) is 60.2 Å². The van der Waals surface area contributed by atoms with E-state index in [-0.39, 0.29) is 11.7 Å². The summed E-state index contributed by atoms with van der Waals surface area (Å²) >= 11 is 0. The third-order valence-electron chi connectivity index (χ3n) is 3.61. The van der Waals surface area contributed by atoms with Gasteiger partial charge < -0.3 is 25.6 Å². The molecule has 0 aliphatic carbocycles. The van der Waals surface area contributed by atoms with Gasteiger partial charge in [0.25, 0.3) is 0 Å². The van der Waals surface area contributed by atoms with E-state index in [1.807, 2.05) is 24.3 Å². The van der Waals surface area contributed by atoms with Gasteiger partial charge in [-0.25, -0.2) is 0 Å². The average molecular weight is 366 g/mol. The third kappa shape index (κ3) is 4.03. The summed E-state index contributed by atoms with van der Waals surface area (Å²) < 4.78 is 5.90. The number of amidine groups is 2. The van der Waals surface area contributed by atoms with Crippen LogP contribution in [0.3, 0.4) is 0 Å². The fraction of sp³-hybridized carbons (Fsp3) is 0.111. The first-order valence-corrected chi connectivity index (χ1v) is 7.89. The summed E-state index contributed by atoms with van der Waals surface area (Å²) in [4.78, 5) is 17.8. The van der Waals surface area contributed by atoms with Crippen molar-refractivity contribution in [2.75, 3.05) is 14.2 Å². The number of oxime groups is 2. The summed E-state index contributed by atoms with van der Waals surface area (Å²) in [6.45, 7) is 0. The molecule has 0 amide bonds. The quantitative estimate of drug-likeness (QED) is 0.387. The zero-order valence-electron chi connectivity index (χ0n) is 14.8. The Kier molecular flexibility index (Phi) is 5.31. The predicted molar refractivity (Wildman–Crippen MR) is 101 cm³/mol. The number of hydrogen-bond acceptors (Lipinski definition) is 7. The highest BCUT2D eigenvalue weighted by Crippen LogP contribution is 2.27. The van der Waals surface area contributed by atoms with Gasteiger partial charge in [-0.2, -0.15) is 0 Å². The van der Waals surface area contributed by atoms with E-state index in [1.54, 1.807) is 24.5 Å². The zero-order chi connectivity index (χ0) is 19.2. The molecule has 0 bridgehead atoms. The summed E-state index contributed by atoms with van der Waals surface area (Å²) in [5, 5.41) is 7.30. The highest BCUT2D eigenvalue weighted by atomic mass is 16.6. The molecule has 0 saturated carbocycles. The van der Waals surface area contributed by atoms with Crippen molar-refractivity contribution in [3.8, 4) is 22.6 Å². The summed E-state index contributed by atoms with van der Waals surface area (Å²) in [6, 6.07) is 10.9. The Morgan fingerprint density at radius 2 is 1.22 bits per heavy atom. The number of pyridine rings is 2. The molecule has 138 valence electrons. The molecular formula is C18H18N6O3. The third-order valence-corrected chi connectivity index (χ3v) is 3.61. The van der Waals surface area contributed by atoms with E-state index < -0.39 is 0 Å². The Morgan fingerprint density at radius 1 is 0.778 bits per heavy atom. The van der Waals surface area contributed by atoms with Crippen LogP contribution in [0.15, 0.2) is 63.5 Å². The van der Waals surface area contributed by atoms with Crippen LogP contribution in [-0.4, -0.2) is 35.9 Å². The zero-order valence-corrected chi connectivity index (χ0v) is 14.8. The smallest absolute Gasteiger partial charge is 0.188 e. The second-order valence-electron chi connectivity index (χ2n) is 5.35. The fourth-order valence-corrected chi connectivity index (χ4v) is 2.32. The second kappa shape index (κ2) is 8.00. The SMILES string of the molecule is CO/N=C(\N)c1ccc(-c2ccc(-c3ccc(/C(N)=N\OC)nc3)o2)cn1. The molecule has 3 rings (SSSR count). The van der Waals surface area contributed by atoms with E-state index in [0.29, 0.717) is 22.9 Å². The van der Waals surface area contributed by atoms with Crippen LogP contribution in [-0.2, 0) is 9.68 Å². The van der Waals surface area contributed by atoms with Crippen LogP contribution in [0.1, 0.15) is 11.4 Å². The van der Waals surface area contributed by atoms with Gasteiger partial charge >= 0.3 is 0 Å². The monoisotopic (exact) mass is 366 g/mol. The van der Waals surface area contributed by atoms with Crippen molar-refractivity contribution in [1.29, 1.82) is 0 Å². The number of nitrogens with zero attached hydrogens (tertiary/aromatic N) is 4. The molecule has 0 aliphatic heterocycles. The Hall–Kier alpha value is -3.88. The summed E-state index contributed by atoms with van der Waals surface area (Å²) in [5.74, 6) is 1.73. The molecule has 0 aromatic carbocycles. The molecule has 0 radical (unpaired) electrons. The van der Waals surface area contributed by atoms with Crippen LogP contribution in [0.4, 0.5) is 0 Å². The van der Waals surface area contributed by atoms with Gasteiger partial charge in [-0.1, -0.05) is 10.3 Å². The van der Waals surface area contributed by atoms with Crippen LogP contribution < -0.4 is 11.5 Å². The number of nitrogens with two attached hydrogens (primary N) is 2. The van der Waals surface area contributed by atoms with E-state index in [1.165, 1.54) is 14.2 Å². The summed E-state index contributed by atoms with van der Waals surface area (Å²) in [6.07, 6.45) is 3.30. The molecule has 0 fully saturated rings. The van der Waals surface area contributed by atoms with Crippen LogP contribution >= 0.6 is 0 Å². The lowest BCUT2D eigenvalue weighted by Crippen LogP contribution is -2.15. The van der Waals surface area contributed by atoms with Crippen LogP contribution in [0.5, 0.6) is 0 Å². The van der Waals surface area contributed by atoms with Crippen molar-refractivity contribution in [1.82, 2.24) is 9.97 Å². The molecule has 3 aromatic rings. The average Bonchev–Trinajstić information content (AvgIpc) is 3.19. The maximum Gasteiger partial charge on any atom is 0.188 e. The predicted octanol–water partition coefficient (Wildman–Crippen LogP) is 1.94. The van der Waals surface area contributed by atoms with Gasteiger partial charge in [0.2, 0.25) is 0 Å². The maximum atomic E-state index is 5.90.